The lowest BCUT2D eigenvalue weighted by Gasteiger charge is -2.13. The van der Waals surface area contributed by atoms with E-state index in [0.29, 0.717) is 23.4 Å². The van der Waals surface area contributed by atoms with Crippen molar-refractivity contribution in [3.05, 3.63) is 41.6 Å². The quantitative estimate of drug-likeness (QED) is 0.778. The Morgan fingerprint density at radius 1 is 1.19 bits per heavy atom. The van der Waals surface area contributed by atoms with Crippen molar-refractivity contribution >= 4 is 27.5 Å². The zero-order valence-corrected chi connectivity index (χ0v) is 15.3. The summed E-state index contributed by atoms with van der Waals surface area (Å²) in [4.78, 5) is 24.3. The van der Waals surface area contributed by atoms with E-state index >= 15 is 0 Å². The fourth-order valence-corrected chi connectivity index (χ4v) is 4.18. The average molecular weight is 376 g/mol. The van der Waals surface area contributed by atoms with E-state index < -0.39 is 21.7 Å². The number of rotatable bonds is 4. The van der Waals surface area contributed by atoms with Crippen molar-refractivity contribution in [2.75, 3.05) is 5.32 Å². The molecule has 1 aliphatic heterocycles. The van der Waals surface area contributed by atoms with Gasteiger partial charge < -0.3 is 10.6 Å². The maximum absolute atomic E-state index is 12.3. The zero-order chi connectivity index (χ0) is 18.9. The van der Waals surface area contributed by atoms with Crippen LogP contribution in [0.15, 0.2) is 30.3 Å². The molecule has 1 aromatic heterocycles. The van der Waals surface area contributed by atoms with Gasteiger partial charge in [0, 0.05) is 11.6 Å². The highest BCUT2D eigenvalue weighted by Gasteiger charge is 2.33. The Hall–Kier alpha value is -2.68. The number of sulfone groups is 1. The van der Waals surface area contributed by atoms with Crippen molar-refractivity contribution in [2.24, 2.45) is 0 Å². The van der Waals surface area contributed by atoms with Crippen molar-refractivity contribution in [1.29, 1.82) is 0 Å². The van der Waals surface area contributed by atoms with Gasteiger partial charge in [-0.15, -0.1) is 0 Å². The van der Waals surface area contributed by atoms with Crippen LogP contribution in [0.1, 0.15) is 31.5 Å². The van der Waals surface area contributed by atoms with Gasteiger partial charge in [0.2, 0.25) is 0 Å². The average Bonchev–Trinajstić information content (AvgIpc) is 3.08. The van der Waals surface area contributed by atoms with E-state index in [2.05, 4.69) is 15.7 Å². The van der Waals surface area contributed by atoms with Crippen LogP contribution in [0, 0.1) is 0 Å². The molecule has 9 heteroatoms. The summed E-state index contributed by atoms with van der Waals surface area (Å²) in [6.07, 6.45) is 0.689. The summed E-state index contributed by atoms with van der Waals surface area (Å²) < 4.78 is 25.3. The van der Waals surface area contributed by atoms with E-state index in [4.69, 9.17) is 0 Å². The molecular weight excluding hydrogens is 356 g/mol. The molecule has 0 aliphatic carbocycles. The van der Waals surface area contributed by atoms with Gasteiger partial charge in [0.15, 0.2) is 9.84 Å². The molecule has 0 saturated heterocycles. The normalized spacial score (nSPS) is 15.9. The number of benzene rings is 1. The van der Waals surface area contributed by atoms with E-state index in [0.717, 1.165) is 0 Å². The van der Waals surface area contributed by atoms with Gasteiger partial charge >= 0.3 is 11.8 Å². The minimum Gasteiger partial charge on any atom is -0.345 e. The first-order chi connectivity index (χ1) is 12.3. The Labute approximate surface area is 151 Å². The SMILES string of the molecule is CC[C@@H](C)NC(=O)C(=O)Nc1c2c(nn1-c1ccccc1)CS(=O)(=O)C2. The first-order valence-corrected chi connectivity index (χ1v) is 10.1. The second-order valence-corrected chi connectivity index (χ2v) is 8.35. The van der Waals surface area contributed by atoms with Crippen LogP contribution in [-0.2, 0) is 30.9 Å². The van der Waals surface area contributed by atoms with Crippen molar-refractivity contribution in [3.63, 3.8) is 0 Å². The Balaban J connectivity index is 1.95. The molecule has 1 aromatic carbocycles. The minimum atomic E-state index is -3.29. The summed E-state index contributed by atoms with van der Waals surface area (Å²) in [7, 11) is -3.29. The number of hydrogen-bond acceptors (Lipinski definition) is 5. The van der Waals surface area contributed by atoms with E-state index in [9.17, 15) is 18.0 Å². The lowest BCUT2D eigenvalue weighted by atomic mass is 10.2. The third kappa shape index (κ3) is 3.62. The molecule has 0 spiro atoms. The van der Waals surface area contributed by atoms with Gasteiger partial charge in [-0.2, -0.15) is 5.10 Å². The van der Waals surface area contributed by atoms with Gasteiger partial charge in [-0.25, -0.2) is 13.1 Å². The first kappa shape index (κ1) is 18.1. The Kier molecular flexibility index (Phi) is 4.82. The van der Waals surface area contributed by atoms with Crippen LogP contribution in [0.4, 0.5) is 5.82 Å². The van der Waals surface area contributed by atoms with Crippen LogP contribution in [0.25, 0.3) is 5.69 Å². The highest BCUT2D eigenvalue weighted by atomic mass is 32.2. The van der Waals surface area contributed by atoms with Gasteiger partial charge in [0.1, 0.15) is 5.82 Å². The third-order valence-electron chi connectivity index (χ3n) is 4.22. The number of nitrogens with zero attached hydrogens (tertiary/aromatic N) is 2. The van der Waals surface area contributed by atoms with Crippen molar-refractivity contribution in [3.8, 4) is 5.69 Å². The molecule has 0 unspecified atom stereocenters. The molecule has 1 aliphatic rings. The Bertz CT molecular complexity index is 951. The smallest absolute Gasteiger partial charge is 0.314 e. The minimum absolute atomic E-state index is 0.140. The van der Waals surface area contributed by atoms with Gasteiger partial charge in [-0.05, 0) is 25.5 Å². The largest absolute Gasteiger partial charge is 0.345 e. The molecule has 0 saturated carbocycles. The van der Waals surface area contributed by atoms with E-state index in [1.165, 1.54) is 4.68 Å². The summed E-state index contributed by atoms with van der Waals surface area (Å²) in [5.74, 6) is -1.79. The molecule has 0 fully saturated rings. The van der Waals surface area contributed by atoms with Crippen LogP contribution >= 0.6 is 0 Å². The molecule has 8 nitrogen and oxygen atoms in total. The molecule has 1 atom stereocenters. The van der Waals surface area contributed by atoms with E-state index in [1.54, 1.807) is 31.2 Å². The number of amides is 2. The molecule has 138 valence electrons. The molecule has 2 amide bonds. The summed E-state index contributed by atoms with van der Waals surface area (Å²) in [6.45, 7) is 3.69. The van der Waals surface area contributed by atoms with Crippen molar-refractivity contribution in [2.45, 2.75) is 37.8 Å². The summed E-state index contributed by atoms with van der Waals surface area (Å²) in [5, 5.41) is 9.46. The van der Waals surface area contributed by atoms with Gasteiger partial charge in [0.25, 0.3) is 0 Å². The molecule has 2 N–H and O–H groups in total. The molecule has 26 heavy (non-hydrogen) atoms. The maximum Gasteiger partial charge on any atom is 0.314 e. The standard InChI is InChI=1S/C17H20N4O4S/c1-3-11(2)18-16(22)17(23)19-15-13-9-26(24,25)10-14(13)20-21(15)12-7-5-4-6-8-12/h4-8,11H,3,9-10H2,1-2H3,(H,18,22)(H,19,23)/t11-/m1/s1. The molecule has 2 heterocycles. The molecule has 2 aromatic rings. The van der Waals surface area contributed by atoms with Crippen LogP contribution in [0.5, 0.6) is 0 Å². The fraction of sp³-hybridized carbons (Fsp3) is 0.353. The topological polar surface area (TPSA) is 110 Å². The van der Waals surface area contributed by atoms with Gasteiger partial charge in [0.05, 0.1) is 22.9 Å². The highest BCUT2D eigenvalue weighted by molar-refractivity contribution is 7.90. The summed E-state index contributed by atoms with van der Waals surface area (Å²) in [5.41, 5.74) is 1.49. The second-order valence-electron chi connectivity index (χ2n) is 6.29. The lowest BCUT2D eigenvalue weighted by Crippen LogP contribution is -2.40. The number of aromatic nitrogens is 2. The fourth-order valence-electron chi connectivity index (χ4n) is 2.68. The Morgan fingerprint density at radius 3 is 2.54 bits per heavy atom. The summed E-state index contributed by atoms with van der Waals surface area (Å²) in [6, 6.07) is 8.87. The van der Waals surface area contributed by atoms with Gasteiger partial charge in [-0.3, -0.25) is 9.59 Å². The van der Waals surface area contributed by atoms with E-state index in [1.807, 2.05) is 13.0 Å². The second kappa shape index (κ2) is 6.91. The predicted octanol–water partition coefficient (Wildman–Crippen LogP) is 1.15. The zero-order valence-electron chi connectivity index (χ0n) is 14.5. The number of carbonyl (C=O) groups excluding carboxylic acids is 2. The van der Waals surface area contributed by atoms with Crippen molar-refractivity contribution in [1.82, 2.24) is 15.1 Å². The molecule has 0 radical (unpaired) electrons. The number of fused-ring (bicyclic) bond motifs is 1. The number of nitrogens with one attached hydrogen (secondary N) is 2. The molecule has 3 rings (SSSR count). The van der Waals surface area contributed by atoms with Crippen LogP contribution < -0.4 is 10.6 Å². The first-order valence-electron chi connectivity index (χ1n) is 8.29. The molecule has 0 bridgehead atoms. The molecular formula is C17H20N4O4S. The number of para-hydroxylation sites is 1. The van der Waals surface area contributed by atoms with Crippen molar-refractivity contribution < 1.29 is 18.0 Å². The number of anilines is 1. The van der Waals surface area contributed by atoms with Crippen LogP contribution in [0.2, 0.25) is 0 Å². The third-order valence-corrected chi connectivity index (χ3v) is 5.66. The highest BCUT2D eigenvalue weighted by Crippen LogP contribution is 2.32. The van der Waals surface area contributed by atoms with E-state index in [-0.39, 0.29) is 23.4 Å². The van der Waals surface area contributed by atoms with Crippen LogP contribution in [0.3, 0.4) is 0 Å². The predicted molar refractivity (Wildman–Crippen MR) is 96.4 cm³/mol. The Morgan fingerprint density at radius 2 is 1.88 bits per heavy atom. The maximum atomic E-state index is 12.3. The summed E-state index contributed by atoms with van der Waals surface area (Å²) >= 11 is 0. The van der Waals surface area contributed by atoms with Crippen LogP contribution in [-0.4, -0.2) is 36.1 Å². The number of carbonyl (C=O) groups is 2. The number of hydrogen-bond donors (Lipinski definition) is 2. The monoisotopic (exact) mass is 376 g/mol. The van der Waals surface area contributed by atoms with Gasteiger partial charge in [-0.1, -0.05) is 25.1 Å². The lowest BCUT2D eigenvalue weighted by molar-refractivity contribution is -0.136.